The minimum Gasteiger partial charge on any atom is -0.495 e. The Morgan fingerprint density at radius 2 is 1.70 bits per heavy atom. The quantitative estimate of drug-likeness (QED) is 0.268. The molecule has 4 bridgehead atoms. The number of aliphatic carboxylic acids is 1. The van der Waals surface area contributed by atoms with Crippen molar-refractivity contribution in [3.63, 3.8) is 0 Å². The van der Waals surface area contributed by atoms with Crippen LogP contribution >= 0.6 is 11.6 Å². The van der Waals surface area contributed by atoms with E-state index in [0.29, 0.717) is 22.9 Å². The third-order valence-electron chi connectivity index (χ3n) is 9.44. The molecule has 3 aromatic carbocycles. The number of methoxy groups -OCH3 is 1. The Morgan fingerprint density at radius 3 is 2.30 bits per heavy atom. The summed E-state index contributed by atoms with van der Waals surface area (Å²) in [5.74, 6) is 3.01. The van der Waals surface area contributed by atoms with E-state index in [0.717, 1.165) is 58.3 Å². The van der Waals surface area contributed by atoms with Crippen LogP contribution in [0.5, 0.6) is 11.5 Å². The number of carboxylic acids is 1. The van der Waals surface area contributed by atoms with E-state index in [-0.39, 0.29) is 5.41 Å². The number of hydrogen-bond acceptors (Lipinski definition) is 3. The molecule has 0 unspecified atom stereocenters. The van der Waals surface area contributed by atoms with Crippen LogP contribution in [0.25, 0.3) is 17.2 Å². The zero-order chi connectivity index (χ0) is 27.9. The predicted molar refractivity (Wildman–Crippen MR) is 160 cm³/mol. The molecule has 0 saturated heterocycles. The lowest BCUT2D eigenvalue weighted by molar-refractivity contribution is -0.131. The molecule has 4 aliphatic rings. The lowest BCUT2D eigenvalue weighted by Gasteiger charge is -2.57. The molecule has 0 aliphatic heterocycles. The summed E-state index contributed by atoms with van der Waals surface area (Å²) < 4.78 is 12.5. The molecule has 40 heavy (non-hydrogen) atoms. The van der Waals surface area contributed by atoms with Gasteiger partial charge in [0, 0.05) is 27.8 Å². The molecule has 3 aromatic rings. The number of hydrogen-bond donors (Lipinski definition) is 1. The summed E-state index contributed by atoms with van der Waals surface area (Å²) in [6.07, 6.45) is 11.2. The summed E-state index contributed by atoms with van der Waals surface area (Å²) in [6, 6.07) is 18.7. The van der Waals surface area contributed by atoms with Gasteiger partial charge in [-0.25, -0.2) is 4.79 Å². The lowest BCUT2D eigenvalue weighted by Crippen LogP contribution is -2.48. The maximum Gasteiger partial charge on any atom is 0.328 e. The maximum absolute atomic E-state index is 11.3. The highest BCUT2D eigenvalue weighted by Gasteiger charge is 2.52. The van der Waals surface area contributed by atoms with Crippen LogP contribution in [0.15, 0.2) is 60.7 Å². The molecule has 4 saturated carbocycles. The van der Waals surface area contributed by atoms with Crippen LogP contribution < -0.4 is 9.47 Å². The first-order valence-electron chi connectivity index (χ1n) is 14.5. The molecule has 0 radical (unpaired) electrons. The fourth-order valence-electron chi connectivity index (χ4n) is 8.25. The van der Waals surface area contributed by atoms with E-state index < -0.39 is 5.97 Å². The van der Waals surface area contributed by atoms with E-state index in [1.807, 2.05) is 6.07 Å². The fraction of sp³-hybridized carbons (Fsp3) is 0.400. The minimum atomic E-state index is -1.01. The first kappa shape index (κ1) is 27.0. The number of carbonyl (C=O) groups is 1. The Balaban J connectivity index is 1.50. The van der Waals surface area contributed by atoms with Gasteiger partial charge in [0.25, 0.3) is 0 Å². The van der Waals surface area contributed by atoms with E-state index >= 15 is 0 Å². The van der Waals surface area contributed by atoms with Gasteiger partial charge in [-0.05, 0) is 109 Å². The second-order valence-corrected chi connectivity index (χ2v) is 12.4. The Labute approximate surface area is 242 Å². The van der Waals surface area contributed by atoms with Crippen LogP contribution in [0, 0.1) is 17.8 Å². The lowest BCUT2D eigenvalue weighted by atomic mass is 9.48. The molecule has 0 heterocycles. The number of carboxylic acid groups (broad SMARTS) is 1. The number of ether oxygens (including phenoxy) is 2. The number of halogens is 1. The molecule has 0 spiro atoms. The molecule has 0 aromatic heterocycles. The van der Waals surface area contributed by atoms with Crippen LogP contribution in [0.2, 0.25) is 5.02 Å². The normalized spacial score (nSPS) is 24.9. The van der Waals surface area contributed by atoms with Crippen LogP contribution in [0.4, 0.5) is 0 Å². The van der Waals surface area contributed by atoms with Gasteiger partial charge in [0.2, 0.25) is 0 Å². The van der Waals surface area contributed by atoms with Crippen molar-refractivity contribution in [1.29, 1.82) is 0 Å². The van der Waals surface area contributed by atoms with Gasteiger partial charge >= 0.3 is 5.97 Å². The molecule has 5 heteroatoms. The van der Waals surface area contributed by atoms with Gasteiger partial charge in [-0.2, -0.15) is 0 Å². The zero-order valence-corrected chi connectivity index (χ0v) is 24.0. The highest BCUT2D eigenvalue weighted by Crippen LogP contribution is 2.62. The zero-order valence-electron chi connectivity index (χ0n) is 23.3. The summed E-state index contributed by atoms with van der Waals surface area (Å²) >= 11 is 6.81. The first-order valence-corrected chi connectivity index (χ1v) is 14.9. The molecule has 0 atom stereocenters. The van der Waals surface area contributed by atoms with Crippen LogP contribution in [0.3, 0.4) is 0 Å². The van der Waals surface area contributed by atoms with Gasteiger partial charge in [0.05, 0.1) is 7.11 Å². The van der Waals surface area contributed by atoms with Crippen LogP contribution in [0.1, 0.15) is 67.7 Å². The van der Waals surface area contributed by atoms with E-state index in [9.17, 15) is 9.90 Å². The van der Waals surface area contributed by atoms with Gasteiger partial charge < -0.3 is 14.6 Å². The molecule has 4 nitrogen and oxygen atoms in total. The maximum atomic E-state index is 11.3. The summed E-state index contributed by atoms with van der Waals surface area (Å²) in [4.78, 5) is 11.3. The molecule has 1 N–H and O–H groups in total. The Morgan fingerprint density at radius 1 is 1.02 bits per heavy atom. The van der Waals surface area contributed by atoms with Crippen molar-refractivity contribution in [1.82, 2.24) is 0 Å². The van der Waals surface area contributed by atoms with Crippen molar-refractivity contribution in [2.75, 3.05) is 7.11 Å². The Bertz CT molecular complexity index is 1410. The van der Waals surface area contributed by atoms with Crippen molar-refractivity contribution in [3.05, 3.63) is 87.9 Å². The standard InChI is InChI=1S/C35H37ClO4/c1-3-28-30(36)17-27(10-12-32(37)38)34(39-2)33(28)26-9-11-31(40-21-22-7-5-4-6-8-22)29(16-26)35-18-23-13-24(19-35)15-25(14-23)20-35/h4-12,16-17,23-25H,3,13-15,18-21H2,1-2H3,(H,37,38). The molecule has 7 rings (SSSR count). The Kier molecular flexibility index (Phi) is 7.39. The van der Waals surface area contributed by atoms with Crippen LogP contribution in [-0.2, 0) is 23.2 Å². The van der Waals surface area contributed by atoms with Gasteiger partial charge in [0.15, 0.2) is 0 Å². The van der Waals surface area contributed by atoms with Gasteiger partial charge in [-0.3, -0.25) is 0 Å². The Hall–Kier alpha value is -3.24. The second-order valence-electron chi connectivity index (χ2n) is 12.0. The third kappa shape index (κ3) is 5.03. The van der Waals surface area contributed by atoms with Crippen molar-refractivity contribution in [3.8, 4) is 22.6 Å². The van der Waals surface area contributed by atoms with Gasteiger partial charge in [-0.1, -0.05) is 54.9 Å². The molecular weight excluding hydrogens is 520 g/mol. The van der Waals surface area contributed by atoms with Gasteiger partial charge in [-0.15, -0.1) is 0 Å². The fourth-order valence-corrected chi connectivity index (χ4v) is 8.59. The smallest absolute Gasteiger partial charge is 0.328 e. The van der Waals surface area contributed by atoms with Crippen molar-refractivity contribution >= 4 is 23.6 Å². The third-order valence-corrected chi connectivity index (χ3v) is 9.78. The average Bonchev–Trinajstić information content (AvgIpc) is 2.94. The summed E-state index contributed by atoms with van der Waals surface area (Å²) in [6.45, 7) is 2.62. The molecular formula is C35H37ClO4. The van der Waals surface area contributed by atoms with Crippen LogP contribution in [-0.4, -0.2) is 18.2 Å². The van der Waals surface area contributed by atoms with Crippen molar-refractivity contribution in [2.45, 2.75) is 63.9 Å². The topological polar surface area (TPSA) is 55.8 Å². The molecule has 208 valence electrons. The SMILES string of the molecule is CCc1c(Cl)cc(C=CC(=O)O)c(OC)c1-c1ccc(OCc2ccccc2)c(C23CC4CC(CC(C4)C2)C3)c1. The second kappa shape index (κ2) is 11.0. The predicted octanol–water partition coefficient (Wildman–Crippen LogP) is 8.72. The number of rotatable bonds is 9. The summed E-state index contributed by atoms with van der Waals surface area (Å²) in [5.41, 5.74) is 6.22. The van der Waals surface area contributed by atoms with E-state index in [4.69, 9.17) is 21.1 Å². The molecule has 4 aliphatic carbocycles. The summed E-state index contributed by atoms with van der Waals surface area (Å²) in [5, 5.41) is 9.89. The van der Waals surface area contributed by atoms with E-state index in [2.05, 4.69) is 49.4 Å². The highest BCUT2D eigenvalue weighted by atomic mass is 35.5. The average molecular weight is 557 g/mol. The van der Waals surface area contributed by atoms with Gasteiger partial charge in [0.1, 0.15) is 18.1 Å². The number of benzene rings is 3. The van der Waals surface area contributed by atoms with E-state index in [1.165, 1.54) is 44.1 Å². The minimum absolute atomic E-state index is 0.126. The monoisotopic (exact) mass is 556 g/mol. The van der Waals surface area contributed by atoms with E-state index in [1.54, 1.807) is 19.3 Å². The van der Waals surface area contributed by atoms with Crippen molar-refractivity contribution < 1.29 is 19.4 Å². The largest absolute Gasteiger partial charge is 0.495 e. The summed E-state index contributed by atoms with van der Waals surface area (Å²) in [7, 11) is 1.64. The highest BCUT2D eigenvalue weighted by molar-refractivity contribution is 6.32. The molecule has 4 fully saturated rings. The first-order chi connectivity index (χ1) is 19.4. The van der Waals surface area contributed by atoms with Crippen molar-refractivity contribution in [2.24, 2.45) is 17.8 Å². The molecule has 0 amide bonds.